The SMILES string of the molecule is O=C(O)C1COC2(CCCCC2)N1C(=O)c1ccc([N+](=O)[O-])cc1. The van der Waals surface area contributed by atoms with Gasteiger partial charge in [0.05, 0.1) is 11.5 Å². The summed E-state index contributed by atoms with van der Waals surface area (Å²) in [6.07, 6.45) is 3.99. The maximum Gasteiger partial charge on any atom is 0.328 e. The van der Waals surface area contributed by atoms with Crippen molar-refractivity contribution in [3.05, 3.63) is 39.9 Å². The van der Waals surface area contributed by atoms with Crippen molar-refractivity contribution in [2.75, 3.05) is 6.61 Å². The molecule has 1 aromatic carbocycles. The number of nitro benzene ring substituents is 1. The van der Waals surface area contributed by atoms with Gasteiger partial charge in [0.15, 0.2) is 6.04 Å². The highest BCUT2D eigenvalue weighted by Gasteiger charge is 2.53. The predicted molar refractivity (Wildman–Crippen MR) is 82.5 cm³/mol. The highest BCUT2D eigenvalue weighted by molar-refractivity contribution is 5.97. The third-order valence-electron chi connectivity index (χ3n) is 4.72. The van der Waals surface area contributed by atoms with Crippen LogP contribution in [0.2, 0.25) is 0 Å². The molecule has 0 aromatic heterocycles. The van der Waals surface area contributed by atoms with Crippen LogP contribution in [0.25, 0.3) is 0 Å². The van der Waals surface area contributed by atoms with Crippen LogP contribution in [0.15, 0.2) is 24.3 Å². The number of carboxylic acids is 1. The molecule has 1 aromatic rings. The van der Waals surface area contributed by atoms with Crippen LogP contribution in [-0.4, -0.2) is 45.2 Å². The molecule has 1 N–H and O–H groups in total. The number of carbonyl (C=O) groups is 2. The van der Waals surface area contributed by atoms with Gasteiger partial charge in [0.2, 0.25) is 0 Å². The Labute approximate surface area is 138 Å². The number of carboxylic acid groups (broad SMARTS) is 1. The Morgan fingerprint density at radius 3 is 2.38 bits per heavy atom. The van der Waals surface area contributed by atoms with Crippen LogP contribution >= 0.6 is 0 Å². The minimum absolute atomic E-state index is 0.0337. The lowest BCUT2D eigenvalue weighted by Gasteiger charge is -2.41. The lowest BCUT2D eigenvalue weighted by atomic mass is 9.89. The van der Waals surface area contributed by atoms with E-state index in [1.165, 1.54) is 29.2 Å². The predicted octanol–water partition coefficient (Wildman–Crippen LogP) is 2.18. The lowest BCUT2D eigenvalue weighted by molar-refractivity contribution is -0.384. The monoisotopic (exact) mass is 334 g/mol. The summed E-state index contributed by atoms with van der Waals surface area (Å²) in [5.74, 6) is -1.57. The molecule has 1 aliphatic carbocycles. The van der Waals surface area contributed by atoms with Gasteiger partial charge < -0.3 is 9.84 Å². The summed E-state index contributed by atoms with van der Waals surface area (Å²) in [6.45, 7) is -0.0337. The van der Waals surface area contributed by atoms with Gasteiger partial charge >= 0.3 is 5.97 Å². The third kappa shape index (κ3) is 2.73. The first-order chi connectivity index (χ1) is 11.4. The van der Waals surface area contributed by atoms with E-state index >= 15 is 0 Å². The van der Waals surface area contributed by atoms with Crippen LogP contribution in [0.1, 0.15) is 42.5 Å². The number of non-ortho nitro benzene ring substituents is 1. The minimum atomic E-state index is -1.10. The van der Waals surface area contributed by atoms with E-state index in [0.717, 1.165) is 19.3 Å². The molecule has 3 rings (SSSR count). The normalized spacial score (nSPS) is 22.5. The Morgan fingerprint density at radius 2 is 1.83 bits per heavy atom. The Bertz CT molecular complexity index is 666. The molecule has 1 spiro atoms. The minimum Gasteiger partial charge on any atom is -0.480 e. The van der Waals surface area contributed by atoms with E-state index < -0.39 is 28.6 Å². The standard InChI is InChI=1S/C16H18N2O6/c19-14(11-4-6-12(7-5-11)18(22)23)17-13(15(20)21)10-24-16(17)8-2-1-3-9-16/h4-7,13H,1-3,8-10H2,(H,20,21). The van der Waals surface area contributed by atoms with Crippen molar-refractivity contribution in [3.63, 3.8) is 0 Å². The van der Waals surface area contributed by atoms with Crippen LogP contribution in [0.3, 0.4) is 0 Å². The number of amides is 1. The molecule has 2 fully saturated rings. The number of hydrogen-bond acceptors (Lipinski definition) is 5. The molecule has 8 nitrogen and oxygen atoms in total. The summed E-state index contributed by atoms with van der Waals surface area (Å²) in [5, 5.41) is 20.2. The average molecular weight is 334 g/mol. The van der Waals surface area contributed by atoms with Gasteiger partial charge in [-0.15, -0.1) is 0 Å². The summed E-state index contributed by atoms with van der Waals surface area (Å²) in [4.78, 5) is 36.0. The van der Waals surface area contributed by atoms with E-state index in [0.29, 0.717) is 12.8 Å². The fraction of sp³-hybridized carbons (Fsp3) is 0.500. The largest absolute Gasteiger partial charge is 0.480 e. The number of nitrogens with zero attached hydrogens (tertiary/aromatic N) is 2. The van der Waals surface area contributed by atoms with E-state index in [1.807, 2.05) is 0 Å². The Hall–Kier alpha value is -2.48. The zero-order valence-corrected chi connectivity index (χ0v) is 13.0. The van der Waals surface area contributed by atoms with Crippen LogP contribution in [0.4, 0.5) is 5.69 Å². The fourth-order valence-corrected chi connectivity index (χ4v) is 3.52. The summed E-state index contributed by atoms with van der Waals surface area (Å²) in [5.41, 5.74) is -0.770. The number of rotatable bonds is 3. The molecule has 1 saturated heterocycles. The maximum absolute atomic E-state index is 12.9. The zero-order valence-electron chi connectivity index (χ0n) is 13.0. The molecule has 1 atom stereocenters. The van der Waals surface area contributed by atoms with E-state index in [2.05, 4.69) is 0 Å². The second kappa shape index (κ2) is 6.20. The molecule has 1 amide bonds. The first-order valence-electron chi connectivity index (χ1n) is 7.89. The van der Waals surface area contributed by atoms with Crippen molar-refractivity contribution < 1.29 is 24.4 Å². The van der Waals surface area contributed by atoms with E-state index in [-0.39, 0.29) is 17.9 Å². The molecule has 1 aliphatic heterocycles. The van der Waals surface area contributed by atoms with E-state index in [1.54, 1.807) is 0 Å². The topological polar surface area (TPSA) is 110 Å². The average Bonchev–Trinajstić information content (AvgIpc) is 2.93. The fourth-order valence-electron chi connectivity index (χ4n) is 3.52. The number of hydrogen-bond donors (Lipinski definition) is 1. The number of carbonyl (C=O) groups excluding carboxylic acids is 1. The van der Waals surface area contributed by atoms with Gasteiger partial charge in [-0.1, -0.05) is 6.42 Å². The van der Waals surface area contributed by atoms with Crippen LogP contribution < -0.4 is 0 Å². The molecule has 1 unspecified atom stereocenters. The molecule has 0 bridgehead atoms. The Kier molecular flexibility index (Phi) is 4.23. The third-order valence-corrected chi connectivity index (χ3v) is 4.72. The summed E-state index contributed by atoms with van der Waals surface area (Å²) in [7, 11) is 0. The lowest BCUT2D eigenvalue weighted by Crippen LogP contribution is -2.54. The second-order valence-electron chi connectivity index (χ2n) is 6.15. The van der Waals surface area contributed by atoms with Crippen LogP contribution in [0.5, 0.6) is 0 Å². The quantitative estimate of drug-likeness (QED) is 0.670. The van der Waals surface area contributed by atoms with Gasteiger partial charge in [-0.2, -0.15) is 0 Å². The molecule has 1 saturated carbocycles. The Morgan fingerprint density at radius 1 is 1.21 bits per heavy atom. The molecule has 24 heavy (non-hydrogen) atoms. The highest BCUT2D eigenvalue weighted by Crippen LogP contribution is 2.41. The highest BCUT2D eigenvalue weighted by atomic mass is 16.6. The molecule has 128 valence electrons. The number of nitro groups is 1. The van der Waals surface area contributed by atoms with Gasteiger partial charge in [0.25, 0.3) is 11.6 Å². The Balaban J connectivity index is 1.93. The number of benzene rings is 1. The van der Waals surface area contributed by atoms with Gasteiger partial charge in [-0.05, 0) is 37.8 Å². The van der Waals surface area contributed by atoms with Gasteiger partial charge in [0, 0.05) is 17.7 Å². The zero-order chi connectivity index (χ0) is 17.3. The first kappa shape index (κ1) is 16.4. The molecule has 8 heteroatoms. The van der Waals surface area contributed by atoms with Crippen LogP contribution in [-0.2, 0) is 9.53 Å². The van der Waals surface area contributed by atoms with Crippen molar-refractivity contribution in [3.8, 4) is 0 Å². The number of ether oxygens (including phenoxy) is 1. The van der Waals surface area contributed by atoms with Crippen LogP contribution in [0, 0.1) is 10.1 Å². The molecule has 0 radical (unpaired) electrons. The molecule has 1 heterocycles. The summed E-state index contributed by atoms with van der Waals surface area (Å²) < 4.78 is 5.79. The van der Waals surface area contributed by atoms with Gasteiger partial charge in [0.1, 0.15) is 5.72 Å². The maximum atomic E-state index is 12.9. The van der Waals surface area contributed by atoms with Gasteiger partial charge in [-0.3, -0.25) is 19.8 Å². The molecular weight excluding hydrogens is 316 g/mol. The summed E-state index contributed by atoms with van der Waals surface area (Å²) in [6, 6.07) is 4.16. The van der Waals surface area contributed by atoms with E-state index in [9.17, 15) is 24.8 Å². The molecule has 2 aliphatic rings. The number of aliphatic carboxylic acids is 1. The smallest absolute Gasteiger partial charge is 0.328 e. The molecular formula is C16H18N2O6. The van der Waals surface area contributed by atoms with Crippen molar-refractivity contribution in [1.29, 1.82) is 0 Å². The first-order valence-corrected chi connectivity index (χ1v) is 7.89. The van der Waals surface area contributed by atoms with Crippen molar-refractivity contribution in [2.45, 2.75) is 43.9 Å². The van der Waals surface area contributed by atoms with Crippen molar-refractivity contribution in [2.24, 2.45) is 0 Å². The van der Waals surface area contributed by atoms with Gasteiger partial charge in [-0.25, -0.2) is 4.79 Å². The van der Waals surface area contributed by atoms with Crippen molar-refractivity contribution >= 4 is 17.6 Å². The second-order valence-corrected chi connectivity index (χ2v) is 6.15. The van der Waals surface area contributed by atoms with Crippen molar-refractivity contribution in [1.82, 2.24) is 4.90 Å². The summed E-state index contributed by atoms with van der Waals surface area (Å²) >= 11 is 0. The van der Waals surface area contributed by atoms with E-state index in [4.69, 9.17) is 4.74 Å².